The normalized spacial score (nSPS) is 10.4. The Balaban J connectivity index is 1.61. The van der Waals surface area contributed by atoms with Crippen molar-refractivity contribution >= 4 is 34.7 Å². The fourth-order valence-electron chi connectivity index (χ4n) is 2.02. The van der Waals surface area contributed by atoms with E-state index in [-0.39, 0.29) is 11.7 Å². The van der Waals surface area contributed by atoms with E-state index in [1.165, 1.54) is 11.3 Å². The second-order valence-corrected chi connectivity index (χ2v) is 6.41. The Morgan fingerprint density at radius 3 is 2.83 bits per heavy atom. The lowest BCUT2D eigenvalue weighted by molar-refractivity contribution is 0.0952. The van der Waals surface area contributed by atoms with Gasteiger partial charge in [0.05, 0.1) is 17.1 Å². The molecule has 2 heterocycles. The zero-order chi connectivity index (χ0) is 16.9. The number of benzene rings is 1. The number of nitrogens with zero attached hydrogens (tertiary/aromatic N) is 1. The van der Waals surface area contributed by atoms with Crippen LogP contribution in [0, 0.1) is 0 Å². The highest BCUT2D eigenvalue weighted by atomic mass is 35.5. The second-order valence-electron chi connectivity index (χ2n) is 4.87. The average Bonchev–Trinajstić information content (AvgIpc) is 3.03. The Labute approximate surface area is 148 Å². The van der Waals surface area contributed by atoms with E-state index in [9.17, 15) is 4.79 Å². The van der Waals surface area contributed by atoms with E-state index in [4.69, 9.17) is 22.1 Å². The van der Waals surface area contributed by atoms with Gasteiger partial charge in [-0.05, 0) is 36.4 Å². The average molecular weight is 360 g/mol. The molecule has 0 unspecified atom stereocenters. The summed E-state index contributed by atoms with van der Waals surface area (Å²) in [5, 5.41) is 4.07. The first kappa shape index (κ1) is 16.3. The maximum atomic E-state index is 12.1. The van der Waals surface area contributed by atoms with Gasteiger partial charge in [-0.3, -0.25) is 4.79 Å². The number of amides is 1. The SMILES string of the molecule is Nc1ncccc1C(=O)NCc1ccc(Oc2ccccc2Cl)s1. The molecule has 0 radical (unpaired) electrons. The molecular weight excluding hydrogens is 346 g/mol. The van der Waals surface area contributed by atoms with Crippen LogP contribution >= 0.6 is 22.9 Å². The van der Waals surface area contributed by atoms with Gasteiger partial charge in [-0.2, -0.15) is 0 Å². The van der Waals surface area contributed by atoms with E-state index in [0.717, 1.165) is 4.88 Å². The predicted octanol–water partition coefficient (Wildman–Crippen LogP) is 4.10. The van der Waals surface area contributed by atoms with E-state index < -0.39 is 0 Å². The Hall–Kier alpha value is -2.57. The Kier molecular flexibility index (Phi) is 4.98. The van der Waals surface area contributed by atoms with Crippen LogP contribution < -0.4 is 15.8 Å². The Morgan fingerprint density at radius 2 is 2.04 bits per heavy atom. The highest BCUT2D eigenvalue weighted by Crippen LogP contribution is 2.33. The summed E-state index contributed by atoms with van der Waals surface area (Å²) >= 11 is 7.51. The molecule has 3 N–H and O–H groups in total. The van der Waals surface area contributed by atoms with Crippen molar-refractivity contribution in [3.05, 3.63) is 70.2 Å². The molecule has 0 bridgehead atoms. The van der Waals surface area contributed by atoms with E-state index in [1.807, 2.05) is 24.3 Å². The number of thiophene rings is 1. The quantitative estimate of drug-likeness (QED) is 0.719. The largest absolute Gasteiger partial charge is 0.445 e. The number of para-hydroxylation sites is 1. The fourth-order valence-corrected chi connectivity index (χ4v) is 3.00. The molecule has 0 aliphatic rings. The van der Waals surface area contributed by atoms with E-state index in [0.29, 0.717) is 27.9 Å². The van der Waals surface area contributed by atoms with Crippen LogP contribution in [0.15, 0.2) is 54.7 Å². The maximum Gasteiger partial charge on any atom is 0.255 e. The highest BCUT2D eigenvalue weighted by Gasteiger charge is 2.11. The van der Waals surface area contributed by atoms with Crippen LogP contribution in [0.1, 0.15) is 15.2 Å². The number of aromatic nitrogens is 1. The minimum Gasteiger partial charge on any atom is -0.445 e. The van der Waals surface area contributed by atoms with E-state index in [1.54, 1.807) is 30.5 Å². The number of nitrogens with one attached hydrogen (secondary N) is 1. The van der Waals surface area contributed by atoms with Crippen molar-refractivity contribution in [3.8, 4) is 10.8 Å². The lowest BCUT2D eigenvalue weighted by Gasteiger charge is -2.05. The fraction of sp³-hybridized carbons (Fsp3) is 0.0588. The molecule has 7 heteroatoms. The molecule has 2 aromatic heterocycles. The van der Waals surface area contributed by atoms with Gasteiger partial charge in [0.2, 0.25) is 0 Å². The van der Waals surface area contributed by atoms with Gasteiger partial charge in [0.25, 0.3) is 5.91 Å². The molecule has 0 aliphatic heterocycles. The number of hydrogen-bond donors (Lipinski definition) is 2. The van der Waals surface area contributed by atoms with Crippen LogP contribution in [-0.2, 0) is 6.54 Å². The molecule has 1 aromatic carbocycles. The van der Waals surface area contributed by atoms with E-state index in [2.05, 4.69) is 10.3 Å². The number of carbonyl (C=O) groups is 1. The lowest BCUT2D eigenvalue weighted by Crippen LogP contribution is -2.23. The van der Waals surface area contributed by atoms with Gasteiger partial charge < -0.3 is 15.8 Å². The first-order chi connectivity index (χ1) is 11.6. The van der Waals surface area contributed by atoms with Crippen molar-refractivity contribution < 1.29 is 9.53 Å². The minimum atomic E-state index is -0.262. The summed E-state index contributed by atoms with van der Waals surface area (Å²) in [6, 6.07) is 14.3. The molecule has 3 aromatic rings. The number of pyridine rings is 1. The number of rotatable bonds is 5. The number of nitrogen functional groups attached to an aromatic ring is 1. The summed E-state index contributed by atoms with van der Waals surface area (Å²) in [5.74, 6) is 0.547. The van der Waals surface area contributed by atoms with Crippen molar-refractivity contribution in [1.29, 1.82) is 0 Å². The first-order valence-electron chi connectivity index (χ1n) is 7.13. The first-order valence-corrected chi connectivity index (χ1v) is 8.33. The molecule has 0 saturated carbocycles. The molecule has 0 atom stereocenters. The smallest absolute Gasteiger partial charge is 0.255 e. The molecule has 24 heavy (non-hydrogen) atoms. The monoisotopic (exact) mass is 359 g/mol. The standard InChI is InChI=1S/C17H14ClN3O2S/c18-13-5-1-2-6-14(13)23-15-8-7-11(24-15)10-21-17(22)12-4-3-9-20-16(12)19/h1-9H,10H2,(H2,19,20)(H,21,22). The van der Waals surface area contributed by atoms with Gasteiger partial charge in [0, 0.05) is 11.1 Å². The number of carbonyl (C=O) groups excluding carboxylic acids is 1. The zero-order valence-corrected chi connectivity index (χ0v) is 14.1. The number of nitrogens with two attached hydrogens (primary N) is 1. The summed E-state index contributed by atoms with van der Waals surface area (Å²) in [6.07, 6.45) is 1.55. The topological polar surface area (TPSA) is 77.2 Å². The third-order valence-corrected chi connectivity index (χ3v) is 4.47. The molecule has 0 aliphatic carbocycles. The van der Waals surface area contributed by atoms with Crippen molar-refractivity contribution in [2.24, 2.45) is 0 Å². The van der Waals surface area contributed by atoms with Crippen LogP contribution in [0.2, 0.25) is 5.02 Å². The van der Waals surface area contributed by atoms with Crippen LogP contribution in [-0.4, -0.2) is 10.9 Å². The molecule has 0 fully saturated rings. The summed E-state index contributed by atoms with van der Waals surface area (Å²) in [4.78, 5) is 17.0. The molecule has 122 valence electrons. The van der Waals surface area contributed by atoms with Crippen LogP contribution in [0.25, 0.3) is 0 Å². The Morgan fingerprint density at radius 1 is 1.21 bits per heavy atom. The van der Waals surface area contributed by atoms with Crippen molar-refractivity contribution in [2.75, 3.05) is 5.73 Å². The van der Waals surface area contributed by atoms with Crippen molar-refractivity contribution in [2.45, 2.75) is 6.54 Å². The highest BCUT2D eigenvalue weighted by molar-refractivity contribution is 7.13. The summed E-state index contributed by atoms with van der Waals surface area (Å²) < 4.78 is 5.74. The van der Waals surface area contributed by atoms with Gasteiger partial charge >= 0.3 is 0 Å². The summed E-state index contributed by atoms with van der Waals surface area (Å²) in [7, 11) is 0. The van der Waals surface area contributed by atoms with Crippen LogP contribution in [0.5, 0.6) is 10.8 Å². The van der Waals surface area contributed by atoms with Crippen molar-refractivity contribution in [3.63, 3.8) is 0 Å². The third-order valence-electron chi connectivity index (χ3n) is 3.19. The predicted molar refractivity (Wildman–Crippen MR) is 95.7 cm³/mol. The third kappa shape index (κ3) is 3.84. The number of hydrogen-bond acceptors (Lipinski definition) is 5. The van der Waals surface area contributed by atoms with Crippen LogP contribution in [0.3, 0.4) is 0 Å². The molecule has 3 rings (SSSR count). The second kappa shape index (κ2) is 7.33. The molecule has 0 spiro atoms. The van der Waals surface area contributed by atoms with Gasteiger partial charge in [-0.1, -0.05) is 23.7 Å². The zero-order valence-electron chi connectivity index (χ0n) is 12.5. The van der Waals surface area contributed by atoms with E-state index >= 15 is 0 Å². The molecular formula is C17H14ClN3O2S. The van der Waals surface area contributed by atoms with Gasteiger partial charge in [-0.25, -0.2) is 4.98 Å². The van der Waals surface area contributed by atoms with Crippen molar-refractivity contribution in [1.82, 2.24) is 10.3 Å². The number of halogens is 1. The molecule has 0 saturated heterocycles. The number of ether oxygens (including phenoxy) is 1. The molecule has 1 amide bonds. The number of anilines is 1. The summed E-state index contributed by atoms with van der Waals surface area (Å²) in [6.45, 7) is 0.379. The van der Waals surface area contributed by atoms with Gasteiger partial charge in [0.1, 0.15) is 11.6 Å². The van der Waals surface area contributed by atoms with Crippen LogP contribution in [0.4, 0.5) is 5.82 Å². The van der Waals surface area contributed by atoms with Gasteiger partial charge in [0.15, 0.2) is 5.06 Å². The molecule has 5 nitrogen and oxygen atoms in total. The minimum absolute atomic E-state index is 0.212. The lowest BCUT2D eigenvalue weighted by atomic mass is 10.2. The van der Waals surface area contributed by atoms with Gasteiger partial charge in [-0.15, -0.1) is 11.3 Å². The Bertz CT molecular complexity index is 866. The summed E-state index contributed by atoms with van der Waals surface area (Å²) in [5.41, 5.74) is 6.06. The maximum absolute atomic E-state index is 12.1.